The Morgan fingerprint density at radius 1 is 0.931 bits per heavy atom. The predicted octanol–water partition coefficient (Wildman–Crippen LogP) is 3.04. The fourth-order valence-electron chi connectivity index (χ4n) is 2.94. The van der Waals surface area contributed by atoms with Crippen molar-refractivity contribution in [3.05, 3.63) is 53.7 Å². The first-order valence-corrected chi connectivity index (χ1v) is 8.86. The second-order valence-electron chi connectivity index (χ2n) is 6.09. The van der Waals surface area contributed by atoms with Gasteiger partial charge in [0.2, 0.25) is 0 Å². The highest BCUT2D eigenvalue weighted by molar-refractivity contribution is 5.99. The summed E-state index contributed by atoms with van der Waals surface area (Å²) in [6.45, 7) is 0.294. The van der Waals surface area contributed by atoms with Crippen molar-refractivity contribution in [2.45, 2.75) is 6.54 Å². The second kappa shape index (κ2) is 9.01. The zero-order valence-corrected chi connectivity index (χ0v) is 16.7. The van der Waals surface area contributed by atoms with Crippen molar-refractivity contribution in [1.29, 1.82) is 0 Å². The van der Waals surface area contributed by atoms with E-state index in [1.807, 2.05) is 18.2 Å². The molecule has 0 spiro atoms. The van der Waals surface area contributed by atoms with Gasteiger partial charge in [0.05, 0.1) is 45.9 Å². The fraction of sp³-hybridized carbons (Fsp3) is 0.238. The molecule has 0 atom stereocenters. The number of carbonyl (C=O) groups excluding carboxylic acids is 1. The van der Waals surface area contributed by atoms with Crippen LogP contribution in [0.15, 0.2) is 42.6 Å². The molecule has 0 aliphatic rings. The van der Waals surface area contributed by atoms with Gasteiger partial charge in [-0.2, -0.15) is 5.10 Å². The number of nitrogens with one attached hydrogen (secondary N) is 2. The Morgan fingerprint density at radius 2 is 1.69 bits per heavy atom. The lowest BCUT2D eigenvalue weighted by atomic mass is 10.1. The Labute approximate surface area is 168 Å². The number of aromatic amines is 1. The van der Waals surface area contributed by atoms with Gasteiger partial charge < -0.3 is 24.3 Å². The summed E-state index contributed by atoms with van der Waals surface area (Å²) in [6.07, 6.45) is 1.49. The number of ether oxygens (including phenoxy) is 4. The molecule has 0 aliphatic heterocycles. The van der Waals surface area contributed by atoms with Gasteiger partial charge in [-0.05, 0) is 30.3 Å². The molecular formula is C21H23N3O5. The number of carbonyl (C=O) groups is 1. The molecule has 0 unspecified atom stereocenters. The first-order valence-electron chi connectivity index (χ1n) is 8.86. The van der Waals surface area contributed by atoms with Crippen LogP contribution in [-0.2, 0) is 6.54 Å². The normalized spacial score (nSPS) is 10.3. The van der Waals surface area contributed by atoms with Crippen molar-refractivity contribution in [3.8, 4) is 34.3 Å². The summed E-state index contributed by atoms with van der Waals surface area (Å²) in [5.74, 6) is 2.23. The summed E-state index contributed by atoms with van der Waals surface area (Å²) in [5, 5.41) is 9.81. The van der Waals surface area contributed by atoms with Gasteiger partial charge in [-0.25, -0.2) is 0 Å². The summed E-state index contributed by atoms with van der Waals surface area (Å²) in [5.41, 5.74) is 2.60. The molecular weight excluding hydrogens is 374 g/mol. The standard InChI is InChI=1S/C21H23N3O5/c1-26-15-7-5-14(18(10-15)28-3)11-22-21(25)16-12-23-24-20(16)13-6-8-17(27-2)19(9-13)29-4/h5-10,12H,11H2,1-4H3,(H,22,25)(H,23,24). The molecule has 2 N–H and O–H groups in total. The van der Waals surface area contributed by atoms with Gasteiger partial charge in [-0.1, -0.05) is 0 Å². The Balaban J connectivity index is 1.80. The summed E-state index contributed by atoms with van der Waals surface area (Å²) < 4.78 is 21.2. The lowest BCUT2D eigenvalue weighted by molar-refractivity contribution is 0.0951. The van der Waals surface area contributed by atoms with E-state index < -0.39 is 0 Å². The first-order chi connectivity index (χ1) is 14.1. The van der Waals surface area contributed by atoms with Crippen LogP contribution < -0.4 is 24.3 Å². The minimum Gasteiger partial charge on any atom is -0.497 e. The van der Waals surface area contributed by atoms with Gasteiger partial charge in [-0.3, -0.25) is 9.89 Å². The largest absolute Gasteiger partial charge is 0.497 e. The van der Waals surface area contributed by atoms with E-state index in [1.165, 1.54) is 6.20 Å². The maximum absolute atomic E-state index is 12.8. The molecule has 0 saturated heterocycles. The molecule has 0 radical (unpaired) electrons. The van der Waals surface area contributed by atoms with Gasteiger partial charge in [0.25, 0.3) is 5.91 Å². The molecule has 2 aromatic carbocycles. The van der Waals surface area contributed by atoms with Crippen LogP contribution in [-0.4, -0.2) is 44.5 Å². The smallest absolute Gasteiger partial charge is 0.255 e. The molecule has 0 fully saturated rings. The maximum atomic E-state index is 12.8. The van der Waals surface area contributed by atoms with Crippen LogP contribution in [0, 0.1) is 0 Å². The van der Waals surface area contributed by atoms with Crippen molar-refractivity contribution in [3.63, 3.8) is 0 Å². The second-order valence-corrected chi connectivity index (χ2v) is 6.09. The number of nitrogens with zero attached hydrogens (tertiary/aromatic N) is 1. The molecule has 1 aromatic heterocycles. The van der Waals surface area contributed by atoms with E-state index in [1.54, 1.807) is 46.6 Å². The van der Waals surface area contributed by atoms with E-state index in [0.717, 1.165) is 11.1 Å². The third-order valence-electron chi connectivity index (χ3n) is 4.49. The molecule has 0 bridgehead atoms. The number of hydrogen-bond acceptors (Lipinski definition) is 6. The molecule has 152 valence electrons. The Bertz CT molecular complexity index is 1000. The van der Waals surface area contributed by atoms with Crippen molar-refractivity contribution in [1.82, 2.24) is 15.5 Å². The molecule has 8 nitrogen and oxygen atoms in total. The molecule has 8 heteroatoms. The maximum Gasteiger partial charge on any atom is 0.255 e. The molecule has 1 heterocycles. The SMILES string of the molecule is COc1ccc(CNC(=O)c2cn[nH]c2-c2ccc(OC)c(OC)c2)c(OC)c1. The monoisotopic (exact) mass is 397 g/mol. The van der Waals surface area contributed by atoms with Gasteiger partial charge in [-0.15, -0.1) is 0 Å². The van der Waals surface area contributed by atoms with Gasteiger partial charge in [0.1, 0.15) is 11.5 Å². The first kappa shape index (κ1) is 20.1. The highest BCUT2D eigenvalue weighted by atomic mass is 16.5. The minimum atomic E-state index is -0.263. The number of hydrogen-bond donors (Lipinski definition) is 2. The molecule has 3 aromatic rings. The lowest BCUT2D eigenvalue weighted by Crippen LogP contribution is -2.23. The topological polar surface area (TPSA) is 94.7 Å². The third-order valence-corrected chi connectivity index (χ3v) is 4.49. The minimum absolute atomic E-state index is 0.263. The van der Waals surface area contributed by atoms with Crippen LogP contribution in [0.25, 0.3) is 11.3 Å². The number of rotatable bonds is 8. The van der Waals surface area contributed by atoms with E-state index in [9.17, 15) is 4.79 Å². The average molecular weight is 397 g/mol. The quantitative estimate of drug-likeness (QED) is 0.607. The van der Waals surface area contributed by atoms with Crippen LogP contribution in [0.4, 0.5) is 0 Å². The molecule has 3 rings (SSSR count). The fourth-order valence-corrected chi connectivity index (χ4v) is 2.94. The van der Waals surface area contributed by atoms with Crippen molar-refractivity contribution in [2.24, 2.45) is 0 Å². The highest BCUT2D eigenvalue weighted by Gasteiger charge is 2.17. The van der Waals surface area contributed by atoms with Crippen LogP contribution in [0.3, 0.4) is 0 Å². The van der Waals surface area contributed by atoms with E-state index in [4.69, 9.17) is 18.9 Å². The number of benzene rings is 2. The van der Waals surface area contributed by atoms with Crippen LogP contribution >= 0.6 is 0 Å². The summed E-state index contributed by atoms with van der Waals surface area (Å²) in [7, 11) is 6.29. The van der Waals surface area contributed by atoms with Gasteiger partial charge in [0.15, 0.2) is 11.5 Å². The molecule has 0 saturated carbocycles. The highest BCUT2D eigenvalue weighted by Crippen LogP contribution is 2.32. The van der Waals surface area contributed by atoms with E-state index in [-0.39, 0.29) is 5.91 Å². The van der Waals surface area contributed by atoms with Crippen molar-refractivity contribution >= 4 is 5.91 Å². The van der Waals surface area contributed by atoms with E-state index in [0.29, 0.717) is 40.8 Å². The van der Waals surface area contributed by atoms with E-state index >= 15 is 0 Å². The van der Waals surface area contributed by atoms with Crippen molar-refractivity contribution in [2.75, 3.05) is 28.4 Å². The number of aromatic nitrogens is 2. The number of amides is 1. The Morgan fingerprint density at radius 3 is 2.38 bits per heavy atom. The van der Waals surface area contributed by atoms with Crippen LogP contribution in [0.2, 0.25) is 0 Å². The average Bonchev–Trinajstić information content (AvgIpc) is 3.26. The third kappa shape index (κ3) is 4.26. The van der Waals surface area contributed by atoms with Crippen molar-refractivity contribution < 1.29 is 23.7 Å². The van der Waals surface area contributed by atoms with Crippen LogP contribution in [0.1, 0.15) is 15.9 Å². The number of methoxy groups -OCH3 is 4. The Kier molecular flexibility index (Phi) is 6.23. The summed E-state index contributed by atoms with van der Waals surface area (Å²) >= 11 is 0. The summed E-state index contributed by atoms with van der Waals surface area (Å²) in [4.78, 5) is 12.8. The Hall–Kier alpha value is -3.68. The summed E-state index contributed by atoms with van der Waals surface area (Å²) in [6, 6.07) is 10.8. The zero-order chi connectivity index (χ0) is 20.8. The van der Waals surface area contributed by atoms with E-state index in [2.05, 4.69) is 15.5 Å². The molecule has 29 heavy (non-hydrogen) atoms. The predicted molar refractivity (Wildman–Crippen MR) is 108 cm³/mol. The van der Waals surface area contributed by atoms with Crippen LogP contribution in [0.5, 0.6) is 23.0 Å². The van der Waals surface area contributed by atoms with Gasteiger partial charge in [0, 0.05) is 23.7 Å². The molecule has 1 amide bonds. The zero-order valence-electron chi connectivity index (χ0n) is 16.7. The van der Waals surface area contributed by atoms with Gasteiger partial charge >= 0.3 is 0 Å². The lowest BCUT2D eigenvalue weighted by Gasteiger charge is -2.12. The molecule has 0 aliphatic carbocycles. The number of H-pyrrole nitrogens is 1.